The first-order valence-electron chi connectivity index (χ1n) is 11.5. The Morgan fingerprint density at radius 1 is 1.00 bits per heavy atom. The zero-order valence-electron chi connectivity index (χ0n) is 20.0. The van der Waals surface area contributed by atoms with Crippen LogP contribution in [-0.2, 0) is 6.54 Å². The van der Waals surface area contributed by atoms with E-state index < -0.39 is 11.6 Å². The second-order valence-electron chi connectivity index (χ2n) is 8.39. The van der Waals surface area contributed by atoms with Crippen molar-refractivity contribution in [1.82, 2.24) is 14.7 Å². The van der Waals surface area contributed by atoms with Crippen LogP contribution in [0.1, 0.15) is 40.5 Å². The van der Waals surface area contributed by atoms with Crippen LogP contribution in [0.3, 0.4) is 0 Å². The normalized spacial score (nSPS) is 10.9. The molecule has 7 heteroatoms. The minimum Gasteiger partial charge on any atom is -0.435 e. The molecule has 0 saturated carbocycles. The van der Waals surface area contributed by atoms with E-state index in [4.69, 9.17) is 4.74 Å². The van der Waals surface area contributed by atoms with Gasteiger partial charge in [-0.2, -0.15) is 5.10 Å². The summed E-state index contributed by atoms with van der Waals surface area (Å²) in [5, 5.41) is 4.64. The SMILES string of the molecule is CCCN(Cc1c(C)nn(-c2ccccc2)c1Oc1ccc(F)cc1F)C(=O)c1ccc(C)cc1. The smallest absolute Gasteiger partial charge is 0.254 e. The van der Waals surface area contributed by atoms with Crippen LogP contribution in [0.2, 0.25) is 0 Å². The minimum atomic E-state index is -0.824. The lowest BCUT2D eigenvalue weighted by molar-refractivity contribution is 0.0742. The van der Waals surface area contributed by atoms with Crippen molar-refractivity contribution < 1.29 is 18.3 Å². The first-order valence-corrected chi connectivity index (χ1v) is 11.5. The summed E-state index contributed by atoms with van der Waals surface area (Å²) in [6.45, 7) is 6.53. The third-order valence-electron chi connectivity index (χ3n) is 5.67. The maximum absolute atomic E-state index is 14.5. The molecule has 0 N–H and O–H groups in total. The number of hydrogen-bond donors (Lipinski definition) is 0. The molecule has 4 aromatic rings. The molecule has 0 saturated heterocycles. The van der Waals surface area contributed by atoms with Gasteiger partial charge in [-0.3, -0.25) is 4.79 Å². The molecule has 0 unspecified atom stereocenters. The fourth-order valence-corrected chi connectivity index (χ4v) is 3.82. The highest BCUT2D eigenvalue weighted by Crippen LogP contribution is 2.33. The molecule has 4 rings (SSSR count). The van der Waals surface area contributed by atoms with Gasteiger partial charge in [-0.25, -0.2) is 13.5 Å². The average molecular weight is 476 g/mol. The van der Waals surface area contributed by atoms with Crippen molar-refractivity contribution in [3.05, 3.63) is 107 Å². The van der Waals surface area contributed by atoms with Gasteiger partial charge in [0.25, 0.3) is 5.91 Å². The zero-order valence-corrected chi connectivity index (χ0v) is 20.0. The molecule has 0 aliphatic heterocycles. The molecule has 35 heavy (non-hydrogen) atoms. The first-order chi connectivity index (χ1) is 16.9. The molecule has 0 aliphatic carbocycles. The molecule has 5 nitrogen and oxygen atoms in total. The lowest BCUT2D eigenvalue weighted by atomic mass is 10.1. The molecule has 0 fully saturated rings. The summed E-state index contributed by atoms with van der Waals surface area (Å²) in [7, 11) is 0. The Labute approximate surface area is 203 Å². The van der Waals surface area contributed by atoms with E-state index in [0.717, 1.165) is 24.1 Å². The van der Waals surface area contributed by atoms with Crippen LogP contribution in [0.5, 0.6) is 11.6 Å². The molecular formula is C28H27F2N3O2. The van der Waals surface area contributed by atoms with Crippen molar-refractivity contribution in [2.75, 3.05) is 6.54 Å². The zero-order chi connectivity index (χ0) is 24.9. The van der Waals surface area contributed by atoms with E-state index in [0.29, 0.717) is 29.1 Å². The summed E-state index contributed by atoms with van der Waals surface area (Å²) in [5.74, 6) is -1.48. The number of hydrogen-bond acceptors (Lipinski definition) is 3. The number of nitrogens with zero attached hydrogens (tertiary/aromatic N) is 3. The van der Waals surface area contributed by atoms with Crippen molar-refractivity contribution >= 4 is 5.91 Å². The van der Waals surface area contributed by atoms with E-state index >= 15 is 0 Å². The molecule has 1 heterocycles. The van der Waals surface area contributed by atoms with E-state index in [-0.39, 0.29) is 24.1 Å². The number of para-hydroxylation sites is 1. The second kappa shape index (κ2) is 10.5. The summed E-state index contributed by atoms with van der Waals surface area (Å²) in [5.41, 5.74) is 3.66. The summed E-state index contributed by atoms with van der Waals surface area (Å²) in [4.78, 5) is 15.1. The van der Waals surface area contributed by atoms with Gasteiger partial charge < -0.3 is 9.64 Å². The monoisotopic (exact) mass is 475 g/mol. The highest BCUT2D eigenvalue weighted by Gasteiger charge is 2.25. The second-order valence-corrected chi connectivity index (χ2v) is 8.39. The molecule has 0 bridgehead atoms. The van der Waals surface area contributed by atoms with Crippen LogP contribution in [0.4, 0.5) is 8.78 Å². The molecule has 0 radical (unpaired) electrons. The number of amides is 1. The van der Waals surface area contributed by atoms with Crippen molar-refractivity contribution in [3.8, 4) is 17.3 Å². The van der Waals surface area contributed by atoms with E-state index in [1.807, 2.05) is 75.4 Å². The van der Waals surface area contributed by atoms with Gasteiger partial charge in [0.05, 0.1) is 23.5 Å². The average Bonchev–Trinajstić information content (AvgIpc) is 3.16. The van der Waals surface area contributed by atoms with Crippen molar-refractivity contribution in [2.45, 2.75) is 33.7 Å². The summed E-state index contributed by atoms with van der Waals surface area (Å²) in [6.07, 6.45) is 0.756. The van der Waals surface area contributed by atoms with Gasteiger partial charge in [0.1, 0.15) is 5.82 Å². The Bertz CT molecular complexity index is 1320. The van der Waals surface area contributed by atoms with Crippen LogP contribution in [0, 0.1) is 25.5 Å². The number of halogens is 2. The van der Waals surface area contributed by atoms with Crippen LogP contribution in [0.15, 0.2) is 72.8 Å². The molecule has 1 aromatic heterocycles. The van der Waals surface area contributed by atoms with E-state index in [2.05, 4.69) is 5.10 Å². The highest BCUT2D eigenvalue weighted by atomic mass is 19.1. The number of benzene rings is 3. The van der Waals surface area contributed by atoms with Crippen LogP contribution >= 0.6 is 0 Å². The number of ether oxygens (including phenoxy) is 1. The number of aromatic nitrogens is 2. The third kappa shape index (κ3) is 5.40. The Hall–Kier alpha value is -4.00. The van der Waals surface area contributed by atoms with Crippen molar-refractivity contribution in [2.24, 2.45) is 0 Å². The topological polar surface area (TPSA) is 47.4 Å². The van der Waals surface area contributed by atoms with Gasteiger partial charge in [-0.05, 0) is 56.7 Å². The summed E-state index contributed by atoms with van der Waals surface area (Å²) < 4.78 is 35.6. The number of aryl methyl sites for hydroxylation is 2. The lowest BCUT2D eigenvalue weighted by Gasteiger charge is -2.23. The van der Waals surface area contributed by atoms with Gasteiger partial charge >= 0.3 is 0 Å². The van der Waals surface area contributed by atoms with Gasteiger partial charge in [0.15, 0.2) is 11.6 Å². The molecule has 1 amide bonds. The molecule has 0 atom stereocenters. The molecular weight excluding hydrogens is 448 g/mol. The summed E-state index contributed by atoms with van der Waals surface area (Å²) >= 11 is 0. The van der Waals surface area contributed by atoms with Gasteiger partial charge in [0.2, 0.25) is 5.88 Å². The van der Waals surface area contributed by atoms with E-state index in [9.17, 15) is 13.6 Å². The molecule has 180 valence electrons. The highest BCUT2D eigenvalue weighted by molar-refractivity contribution is 5.94. The number of rotatable bonds is 8. The first kappa shape index (κ1) is 24.1. The number of carbonyl (C=O) groups excluding carboxylic acids is 1. The summed E-state index contributed by atoms with van der Waals surface area (Å²) in [6, 6.07) is 19.9. The van der Waals surface area contributed by atoms with E-state index in [1.165, 1.54) is 6.07 Å². The predicted molar refractivity (Wildman–Crippen MR) is 131 cm³/mol. The molecule has 0 aliphatic rings. The Morgan fingerprint density at radius 2 is 1.71 bits per heavy atom. The molecule has 3 aromatic carbocycles. The minimum absolute atomic E-state index is 0.113. The fraction of sp³-hybridized carbons (Fsp3) is 0.214. The lowest BCUT2D eigenvalue weighted by Crippen LogP contribution is -2.31. The Morgan fingerprint density at radius 3 is 2.37 bits per heavy atom. The predicted octanol–water partition coefficient (Wildman–Crippen LogP) is 6.61. The van der Waals surface area contributed by atoms with E-state index in [1.54, 1.807) is 9.58 Å². The maximum atomic E-state index is 14.5. The van der Waals surface area contributed by atoms with Gasteiger partial charge in [0, 0.05) is 18.2 Å². The Kier molecular flexibility index (Phi) is 7.25. The van der Waals surface area contributed by atoms with Crippen molar-refractivity contribution in [1.29, 1.82) is 0 Å². The number of carbonyl (C=O) groups is 1. The van der Waals surface area contributed by atoms with Crippen molar-refractivity contribution in [3.63, 3.8) is 0 Å². The standard InChI is InChI=1S/C28H27F2N3O2/c1-4-16-32(27(34)21-12-10-19(2)11-13-21)18-24-20(3)31-33(23-8-6-5-7-9-23)28(24)35-26-15-14-22(29)17-25(26)30/h5-15,17H,4,16,18H2,1-3H3. The van der Waals surface area contributed by atoms with Gasteiger partial charge in [-0.1, -0.05) is 42.8 Å². The Balaban J connectivity index is 1.77. The molecule has 0 spiro atoms. The third-order valence-corrected chi connectivity index (χ3v) is 5.67. The van der Waals surface area contributed by atoms with Crippen LogP contribution < -0.4 is 4.74 Å². The van der Waals surface area contributed by atoms with Crippen LogP contribution in [-0.4, -0.2) is 27.1 Å². The fourth-order valence-electron chi connectivity index (χ4n) is 3.82. The van der Waals surface area contributed by atoms with Crippen LogP contribution in [0.25, 0.3) is 5.69 Å². The quantitative estimate of drug-likeness (QED) is 0.288. The van der Waals surface area contributed by atoms with Gasteiger partial charge in [-0.15, -0.1) is 0 Å². The maximum Gasteiger partial charge on any atom is 0.254 e. The largest absolute Gasteiger partial charge is 0.435 e.